The second-order valence-corrected chi connectivity index (χ2v) is 4.53. The van der Waals surface area contributed by atoms with E-state index in [0.717, 1.165) is 23.5 Å². The van der Waals surface area contributed by atoms with E-state index < -0.39 is 6.23 Å². The summed E-state index contributed by atoms with van der Waals surface area (Å²) in [6, 6.07) is 0. The maximum atomic E-state index is 10.2. The largest absolute Gasteiger partial charge is 0.369 e. The third-order valence-corrected chi connectivity index (χ3v) is 2.77. The van der Waals surface area contributed by atoms with Crippen molar-refractivity contribution in [2.45, 2.75) is 40.3 Å². The van der Waals surface area contributed by atoms with E-state index in [9.17, 15) is 5.11 Å². The predicted octanol–water partition coefficient (Wildman–Crippen LogP) is 2.54. The Bertz CT molecular complexity index is 340. The van der Waals surface area contributed by atoms with Gasteiger partial charge in [-0.25, -0.2) is 4.99 Å². The fourth-order valence-corrected chi connectivity index (χ4v) is 1.85. The zero-order valence-electron chi connectivity index (χ0n) is 10.9. The van der Waals surface area contributed by atoms with Gasteiger partial charge in [0.15, 0.2) is 6.23 Å². The molecule has 0 saturated heterocycles. The van der Waals surface area contributed by atoms with Crippen molar-refractivity contribution in [3.05, 3.63) is 23.4 Å². The Balaban J connectivity index is 3.08. The quantitative estimate of drug-likeness (QED) is 0.779. The van der Waals surface area contributed by atoms with Gasteiger partial charge >= 0.3 is 0 Å². The SMILES string of the molecule is CC=C1N=C(CC(C)C)N(C)C(O)C1=CC. The maximum absolute atomic E-state index is 10.2. The van der Waals surface area contributed by atoms with Crippen LogP contribution in [0.15, 0.2) is 28.4 Å². The van der Waals surface area contributed by atoms with Crippen LogP contribution >= 0.6 is 0 Å². The molecule has 1 N–H and O–H groups in total. The van der Waals surface area contributed by atoms with Gasteiger partial charge in [0.05, 0.1) is 5.70 Å². The van der Waals surface area contributed by atoms with Crippen LogP contribution in [0.5, 0.6) is 0 Å². The predicted molar refractivity (Wildman–Crippen MR) is 68.2 cm³/mol. The van der Waals surface area contributed by atoms with Gasteiger partial charge in [-0.3, -0.25) is 0 Å². The molecule has 0 spiro atoms. The second-order valence-electron chi connectivity index (χ2n) is 4.53. The van der Waals surface area contributed by atoms with Crippen molar-refractivity contribution in [3.8, 4) is 0 Å². The molecule has 0 aliphatic carbocycles. The third-order valence-electron chi connectivity index (χ3n) is 2.77. The van der Waals surface area contributed by atoms with Crippen molar-refractivity contribution in [2.75, 3.05) is 7.05 Å². The first kappa shape index (κ1) is 13.0. The zero-order valence-corrected chi connectivity index (χ0v) is 10.9. The van der Waals surface area contributed by atoms with Crippen LogP contribution in [0.25, 0.3) is 0 Å². The lowest BCUT2D eigenvalue weighted by atomic mass is 10.0. The molecule has 0 radical (unpaired) electrons. The van der Waals surface area contributed by atoms with Gasteiger partial charge in [0.2, 0.25) is 0 Å². The molecular weight excluding hydrogens is 200 g/mol. The topological polar surface area (TPSA) is 35.8 Å². The number of likely N-dealkylation sites (N-methyl/N-ethyl adjacent to an activating group) is 1. The fourth-order valence-electron chi connectivity index (χ4n) is 1.85. The van der Waals surface area contributed by atoms with Crippen LogP contribution in [0.4, 0.5) is 0 Å². The number of rotatable bonds is 2. The number of aliphatic hydroxyl groups is 1. The molecule has 3 heteroatoms. The fraction of sp³-hybridized carbons (Fsp3) is 0.615. The summed E-state index contributed by atoms with van der Waals surface area (Å²) < 4.78 is 0. The molecule has 0 amide bonds. The Labute approximate surface area is 98.2 Å². The first-order valence-electron chi connectivity index (χ1n) is 5.82. The molecule has 1 unspecified atom stereocenters. The van der Waals surface area contributed by atoms with Crippen molar-refractivity contribution in [2.24, 2.45) is 10.9 Å². The summed E-state index contributed by atoms with van der Waals surface area (Å²) in [4.78, 5) is 6.45. The van der Waals surface area contributed by atoms with Gasteiger partial charge in [0.25, 0.3) is 0 Å². The molecule has 0 bridgehead atoms. The van der Waals surface area contributed by atoms with Gasteiger partial charge in [0, 0.05) is 19.0 Å². The Morgan fingerprint density at radius 3 is 2.44 bits per heavy atom. The van der Waals surface area contributed by atoms with Gasteiger partial charge in [0.1, 0.15) is 5.84 Å². The molecule has 0 aromatic carbocycles. The molecule has 1 aliphatic heterocycles. The van der Waals surface area contributed by atoms with E-state index in [1.807, 2.05) is 37.9 Å². The molecule has 1 rings (SSSR count). The first-order valence-corrected chi connectivity index (χ1v) is 5.82. The van der Waals surface area contributed by atoms with E-state index >= 15 is 0 Å². The van der Waals surface area contributed by atoms with Crippen LogP contribution < -0.4 is 0 Å². The summed E-state index contributed by atoms with van der Waals surface area (Å²) in [6.45, 7) is 8.19. The standard InChI is InChI=1S/C13H22N2O/c1-6-10-11(7-2)14-12(8-9(3)4)15(5)13(10)16/h6-7,9,13,16H,8H2,1-5H3. The minimum Gasteiger partial charge on any atom is -0.369 e. The van der Waals surface area contributed by atoms with E-state index in [-0.39, 0.29) is 0 Å². The van der Waals surface area contributed by atoms with Crippen molar-refractivity contribution in [3.63, 3.8) is 0 Å². The molecule has 90 valence electrons. The van der Waals surface area contributed by atoms with Crippen molar-refractivity contribution < 1.29 is 5.11 Å². The second kappa shape index (κ2) is 5.30. The summed E-state index contributed by atoms with van der Waals surface area (Å²) in [7, 11) is 1.89. The minimum atomic E-state index is -0.567. The van der Waals surface area contributed by atoms with Gasteiger partial charge < -0.3 is 10.0 Å². The highest BCUT2D eigenvalue weighted by atomic mass is 16.3. The molecular formula is C13H22N2O. The molecule has 1 aliphatic rings. The zero-order chi connectivity index (χ0) is 12.3. The van der Waals surface area contributed by atoms with Gasteiger partial charge in [-0.1, -0.05) is 26.0 Å². The average Bonchev–Trinajstić information content (AvgIpc) is 2.24. The molecule has 1 atom stereocenters. The van der Waals surface area contributed by atoms with Crippen molar-refractivity contribution in [1.29, 1.82) is 0 Å². The Morgan fingerprint density at radius 2 is 2.00 bits per heavy atom. The lowest BCUT2D eigenvalue weighted by Gasteiger charge is -2.34. The third kappa shape index (κ3) is 2.53. The van der Waals surface area contributed by atoms with Crippen LogP contribution in [0.3, 0.4) is 0 Å². The smallest absolute Gasteiger partial charge is 0.155 e. The number of hydrogen-bond donors (Lipinski definition) is 1. The molecule has 0 aromatic heterocycles. The normalized spacial score (nSPS) is 26.8. The Hall–Kier alpha value is -1.09. The number of hydrogen-bond acceptors (Lipinski definition) is 3. The van der Waals surface area contributed by atoms with Gasteiger partial charge in [-0.05, 0) is 19.8 Å². The molecule has 0 saturated carbocycles. The van der Waals surface area contributed by atoms with E-state index in [2.05, 4.69) is 18.8 Å². The van der Waals surface area contributed by atoms with Crippen molar-refractivity contribution >= 4 is 5.84 Å². The lowest BCUT2D eigenvalue weighted by Crippen LogP contribution is -2.42. The van der Waals surface area contributed by atoms with Crippen LogP contribution in [0.1, 0.15) is 34.1 Å². The van der Waals surface area contributed by atoms with Crippen LogP contribution in [-0.2, 0) is 0 Å². The number of aliphatic hydroxyl groups excluding tert-OH is 1. The monoisotopic (exact) mass is 222 g/mol. The highest BCUT2D eigenvalue weighted by Crippen LogP contribution is 2.25. The Morgan fingerprint density at radius 1 is 1.38 bits per heavy atom. The first-order chi connectivity index (χ1) is 7.51. The Kier molecular flexibility index (Phi) is 4.30. The summed E-state index contributed by atoms with van der Waals surface area (Å²) in [6.07, 6.45) is 4.20. The van der Waals surface area contributed by atoms with E-state index in [4.69, 9.17) is 0 Å². The molecule has 0 fully saturated rings. The molecule has 3 nitrogen and oxygen atoms in total. The highest BCUT2D eigenvalue weighted by molar-refractivity contribution is 5.85. The number of aliphatic imine (C=N–C) groups is 1. The highest BCUT2D eigenvalue weighted by Gasteiger charge is 2.26. The summed E-state index contributed by atoms with van der Waals surface area (Å²) >= 11 is 0. The maximum Gasteiger partial charge on any atom is 0.155 e. The molecule has 0 aromatic rings. The number of amidine groups is 1. The van der Waals surface area contributed by atoms with Crippen LogP contribution in [0, 0.1) is 5.92 Å². The van der Waals surface area contributed by atoms with E-state index in [0.29, 0.717) is 5.92 Å². The van der Waals surface area contributed by atoms with E-state index in [1.54, 1.807) is 0 Å². The van der Waals surface area contributed by atoms with Crippen molar-refractivity contribution in [1.82, 2.24) is 4.90 Å². The minimum absolute atomic E-state index is 0.540. The summed E-state index contributed by atoms with van der Waals surface area (Å²) in [5.74, 6) is 1.50. The summed E-state index contributed by atoms with van der Waals surface area (Å²) in [5, 5.41) is 10.2. The number of nitrogens with zero attached hydrogens (tertiary/aromatic N) is 2. The molecule has 16 heavy (non-hydrogen) atoms. The van der Waals surface area contributed by atoms with Gasteiger partial charge in [-0.2, -0.15) is 0 Å². The van der Waals surface area contributed by atoms with Crippen LogP contribution in [-0.4, -0.2) is 29.1 Å². The van der Waals surface area contributed by atoms with Gasteiger partial charge in [-0.15, -0.1) is 0 Å². The number of allylic oxidation sites excluding steroid dienone is 2. The summed E-state index contributed by atoms with van der Waals surface area (Å²) in [5.41, 5.74) is 1.78. The molecule has 1 heterocycles. The van der Waals surface area contributed by atoms with Crippen LogP contribution in [0.2, 0.25) is 0 Å². The van der Waals surface area contributed by atoms with E-state index in [1.165, 1.54) is 0 Å². The average molecular weight is 222 g/mol. The lowest BCUT2D eigenvalue weighted by molar-refractivity contribution is 0.0989.